The first kappa shape index (κ1) is 20.5. The lowest BCUT2D eigenvalue weighted by atomic mass is 9.98. The molecule has 0 heterocycles. The summed E-state index contributed by atoms with van der Waals surface area (Å²) in [6.07, 6.45) is 12.6. The number of hydrogen-bond acceptors (Lipinski definition) is 0. The highest BCUT2D eigenvalue weighted by Crippen LogP contribution is 2.17. The van der Waals surface area contributed by atoms with E-state index in [1.807, 2.05) is 0 Å². The second-order valence-corrected chi connectivity index (χ2v) is 6.30. The van der Waals surface area contributed by atoms with Crippen LogP contribution in [0.2, 0.25) is 0 Å². The first-order chi connectivity index (χ1) is 9.75. The van der Waals surface area contributed by atoms with Crippen LogP contribution in [0.4, 0.5) is 0 Å². The van der Waals surface area contributed by atoms with E-state index < -0.39 is 0 Å². The lowest BCUT2D eigenvalue weighted by Gasteiger charge is -2.21. The highest BCUT2D eigenvalue weighted by molar-refractivity contribution is 5.16. The second kappa shape index (κ2) is 13.2. The maximum atomic E-state index is 2.29. The van der Waals surface area contributed by atoms with Crippen LogP contribution in [0.5, 0.6) is 0 Å². The lowest BCUT2D eigenvalue weighted by molar-refractivity contribution is -0.892. The summed E-state index contributed by atoms with van der Waals surface area (Å²) in [7, 11) is 4.56. The molecule has 1 rings (SSSR count). The minimum Gasteiger partial charge on any atom is -1.00 e. The Morgan fingerprint density at radius 3 is 1.86 bits per heavy atom. The molecule has 0 bridgehead atoms. The zero-order chi connectivity index (χ0) is 14.6. The normalized spacial score (nSPS) is 12.2. The smallest absolute Gasteiger partial charge is 0.113 e. The van der Waals surface area contributed by atoms with Crippen molar-refractivity contribution in [3.05, 3.63) is 35.9 Å². The minimum atomic E-state index is 0. The molecule has 21 heavy (non-hydrogen) atoms. The van der Waals surface area contributed by atoms with E-state index in [9.17, 15) is 0 Å². The summed E-state index contributed by atoms with van der Waals surface area (Å²) < 4.78 is 0. The molecule has 0 aliphatic carbocycles. The Bertz CT molecular complexity index is 324. The van der Waals surface area contributed by atoms with Gasteiger partial charge in [-0.05, 0) is 6.42 Å². The van der Waals surface area contributed by atoms with Crippen LogP contribution in [0.3, 0.4) is 0 Å². The van der Waals surface area contributed by atoms with Crippen molar-refractivity contribution in [3.8, 4) is 0 Å². The molecular formula is C19H34ClN. The van der Waals surface area contributed by atoms with E-state index in [4.69, 9.17) is 0 Å². The largest absolute Gasteiger partial charge is 1.00 e. The lowest BCUT2D eigenvalue weighted by Crippen LogP contribution is -3.06. The molecule has 0 spiro atoms. The summed E-state index contributed by atoms with van der Waals surface area (Å²) in [5.41, 5.74) is 1.50. The molecule has 1 atom stereocenters. The van der Waals surface area contributed by atoms with E-state index in [0.29, 0.717) is 6.04 Å². The summed E-state index contributed by atoms with van der Waals surface area (Å²) in [4.78, 5) is 1.55. The average Bonchev–Trinajstić information content (AvgIpc) is 2.46. The summed E-state index contributed by atoms with van der Waals surface area (Å²) in [5.74, 6) is 0. The molecule has 0 amide bonds. The Morgan fingerprint density at radius 2 is 1.33 bits per heavy atom. The summed E-state index contributed by atoms with van der Waals surface area (Å²) >= 11 is 0. The summed E-state index contributed by atoms with van der Waals surface area (Å²) in [6, 6.07) is 11.7. The Balaban J connectivity index is 0.00000400. The van der Waals surface area contributed by atoms with E-state index >= 15 is 0 Å². The van der Waals surface area contributed by atoms with Gasteiger partial charge in [0, 0.05) is 12.0 Å². The van der Waals surface area contributed by atoms with E-state index in [2.05, 4.69) is 51.4 Å². The van der Waals surface area contributed by atoms with E-state index in [0.717, 1.165) is 0 Å². The van der Waals surface area contributed by atoms with Crippen LogP contribution in [-0.2, 0) is 0 Å². The van der Waals surface area contributed by atoms with Crippen LogP contribution in [0, 0.1) is 0 Å². The number of unbranched alkanes of at least 4 members (excludes halogenated alkanes) is 7. The van der Waals surface area contributed by atoms with Gasteiger partial charge in [0.2, 0.25) is 0 Å². The quantitative estimate of drug-likeness (QED) is 0.589. The predicted molar refractivity (Wildman–Crippen MR) is 89.2 cm³/mol. The van der Waals surface area contributed by atoms with Crippen molar-refractivity contribution in [2.75, 3.05) is 14.1 Å². The third kappa shape index (κ3) is 9.16. The van der Waals surface area contributed by atoms with Crippen LogP contribution < -0.4 is 17.3 Å². The van der Waals surface area contributed by atoms with Crippen molar-refractivity contribution in [3.63, 3.8) is 0 Å². The predicted octanol–water partition coefficient (Wildman–Crippen LogP) is 1.41. The number of halogens is 1. The highest BCUT2D eigenvalue weighted by atomic mass is 35.5. The Morgan fingerprint density at radius 1 is 0.810 bits per heavy atom. The summed E-state index contributed by atoms with van der Waals surface area (Å²) in [5, 5.41) is 0. The van der Waals surface area contributed by atoms with Gasteiger partial charge in [0.15, 0.2) is 0 Å². The van der Waals surface area contributed by atoms with Gasteiger partial charge in [-0.15, -0.1) is 0 Å². The van der Waals surface area contributed by atoms with Gasteiger partial charge in [-0.25, -0.2) is 0 Å². The van der Waals surface area contributed by atoms with Crippen LogP contribution in [-0.4, -0.2) is 14.1 Å². The van der Waals surface area contributed by atoms with Gasteiger partial charge in [-0.3, -0.25) is 0 Å². The fraction of sp³-hybridized carbons (Fsp3) is 0.684. The maximum Gasteiger partial charge on any atom is 0.113 e. The summed E-state index contributed by atoms with van der Waals surface area (Å²) in [6.45, 7) is 2.29. The molecule has 1 aromatic carbocycles. The van der Waals surface area contributed by atoms with E-state index in [1.54, 1.807) is 4.90 Å². The van der Waals surface area contributed by atoms with Gasteiger partial charge >= 0.3 is 0 Å². The fourth-order valence-electron chi connectivity index (χ4n) is 2.96. The topological polar surface area (TPSA) is 4.44 Å². The Labute approximate surface area is 138 Å². The molecule has 1 nitrogen and oxygen atoms in total. The van der Waals surface area contributed by atoms with Crippen molar-refractivity contribution in [1.29, 1.82) is 0 Å². The maximum absolute atomic E-state index is 2.29. The van der Waals surface area contributed by atoms with Crippen LogP contribution in [0.15, 0.2) is 30.3 Å². The second-order valence-electron chi connectivity index (χ2n) is 6.30. The molecule has 1 unspecified atom stereocenters. The van der Waals surface area contributed by atoms with Gasteiger partial charge in [0.25, 0.3) is 0 Å². The van der Waals surface area contributed by atoms with Crippen LogP contribution >= 0.6 is 0 Å². The molecule has 122 valence electrons. The number of nitrogens with one attached hydrogen (secondary N) is 1. The Kier molecular flexibility index (Phi) is 12.8. The van der Waals surface area contributed by atoms with Crippen molar-refractivity contribution in [1.82, 2.24) is 0 Å². The number of quaternary nitrogens is 1. The van der Waals surface area contributed by atoms with Gasteiger partial charge < -0.3 is 17.3 Å². The molecule has 1 aromatic rings. The van der Waals surface area contributed by atoms with Crippen molar-refractivity contribution in [2.24, 2.45) is 0 Å². The molecule has 0 aliphatic heterocycles. The molecule has 1 N–H and O–H groups in total. The van der Waals surface area contributed by atoms with E-state index in [-0.39, 0.29) is 12.4 Å². The highest BCUT2D eigenvalue weighted by Gasteiger charge is 2.16. The third-order valence-corrected chi connectivity index (χ3v) is 4.25. The first-order valence-electron chi connectivity index (χ1n) is 8.60. The standard InChI is InChI=1S/C19H33N.ClH/c1-4-5-6-7-8-9-10-14-17-19(20(2)3)18-15-12-11-13-16-18;/h11-13,15-16,19H,4-10,14,17H2,1-3H3;1H. The van der Waals surface area contributed by atoms with Gasteiger partial charge in [-0.1, -0.05) is 82.2 Å². The molecular weight excluding hydrogens is 278 g/mol. The number of rotatable bonds is 11. The van der Waals surface area contributed by atoms with E-state index in [1.165, 1.54) is 63.4 Å². The van der Waals surface area contributed by atoms with Gasteiger partial charge in [-0.2, -0.15) is 0 Å². The first-order valence-corrected chi connectivity index (χ1v) is 8.60. The minimum absolute atomic E-state index is 0. The van der Waals surface area contributed by atoms with Crippen LogP contribution in [0.25, 0.3) is 0 Å². The van der Waals surface area contributed by atoms with Crippen LogP contribution in [0.1, 0.15) is 76.3 Å². The molecule has 0 aliphatic rings. The van der Waals surface area contributed by atoms with Gasteiger partial charge in [0.05, 0.1) is 14.1 Å². The fourth-order valence-corrected chi connectivity index (χ4v) is 2.96. The monoisotopic (exact) mass is 311 g/mol. The zero-order valence-corrected chi connectivity index (χ0v) is 15.0. The number of benzene rings is 1. The molecule has 0 saturated carbocycles. The average molecular weight is 312 g/mol. The zero-order valence-electron chi connectivity index (χ0n) is 14.2. The van der Waals surface area contributed by atoms with Gasteiger partial charge in [0.1, 0.15) is 6.04 Å². The molecule has 2 heteroatoms. The van der Waals surface area contributed by atoms with Crippen molar-refractivity contribution in [2.45, 2.75) is 70.8 Å². The third-order valence-electron chi connectivity index (χ3n) is 4.25. The molecule has 0 radical (unpaired) electrons. The molecule has 0 fully saturated rings. The van der Waals surface area contributed by atoms with Crippen molar-refractivity contribution >= 4 is 0 Å². The molecule has 0 aromatic heterocycles. The Hall–Kier alpha value is -0.530. The van der Waals surface area contributed by atoms with Crippen molar-refractivity contribution < 1.29 is 17.3 Å². The number of hydrogen-bond donors (Lipinski definition) is 1. The molecule has 0 saturated heterocycles. The SMILES string of the molecule is CCCCCCCCCCC(c1ccccc1)[NH+](C)C.[Cl-].